The van der Waals surface area contributed by atoms with Gasteiger partial charge in [-0.1, -0.05) is 25.3 Å². The van der Waals surface area contributed by atoms with E-state index in [0.717, 1.165) is 22.7 Å². The van der Waals surface area contributed by atoms with Gasteiger partial charge in [0, 0.05) is 51.9 Å². The number of rotatable bonds is 3. The second-order valence-electron chi connectivity index (χ2n) is 4.05. The number of hydrogen-bond donors (Lipinski definition) is 2. The summed E-state index contributed by atoms with van der Waals surface area (Å²) in [7, 11) is 1.85. The molecule has 0 atom stereocenters. The Morgan fingerprint density at radius 2 is 2.32 bits per heavy atom. The van der Waals surface area contributed by atoms with Crippen LogP contribution in [0.5, 0.6) is 0 Å². The van der Waals surface area contributed by atoms with Crippen molar-refractivity contribution in [1.82, 2.24) is 15.2 Å². The van der Waals surface area contributed by atoms with E-state index in [9.17, 15) is 4.79 Å². The predicted molar refractivity (Wildman–Crippen MR) is 76.5 cm³/mol. The number of carbonyl (C=O) groups is 1. The molecule has 6 heteroatoms. The van der Waals surface area contributed by atoms with E-state index in [1.165, 1.54) is 0 Å². The third-order valence-electron chi connectivity index (χ3n) is 2.82. The number of carbonyl (C=O) groups excluding carboxylic acids is 1. The van der Waals surface area contributed by atoms with Gasteiger partial charge in [-0.3, -0.25) is 4.79 Å². The first-order chi connectivity index (χ1) is 8.08. The fourth-order valence-corrected chi connectivity index (χ4v) is 1.90. The summed E-state index contributed by atoms with van der Waals surface area (Å²) in [6, 6.07) is 4.71. The van der Waals surface area contributed by atoms with E-state index in [1.54, 1.807) is 6.07 Å². The molecule has 2 N–H and O–H groups in total. The molecule has 0 aliphatic carbocycles. The average molecular weight is 353 g/mol. The summed E-state index contributed by atoms with van der Waals surface area (Å²) in [5.41, 5.74) is 2.66. The first kappa shape index (κ1) is 18.5. The van der Waals surface area contributed by atoms with Crippen molar-refractivity contribution in [3.8, 4) is 0 Å². The van der Waals surface area contributed by atoms with Crippen LogP contribution < -0.4 is 10.6 Å². The van der Waals surface area contributed by atoms with E-state index in [1.807, 2.05) is 24.7 Å². The van der Waals surface area contributed by atoms with E-state index >= 15 is 0 Å². The molecule has 0 fully saturated rings. The van der Waals surface area contributed by atoms with Crippen LogP contribution in [0.3, 0.4) is 0 Å². The molecule has 1 aliphatic rings. The molecule has 1 aliphatic heterocycles. The number of hydrogen-bond acceptors (Lipinski definition) is 2. The molecule has 101 valence electrons. The van der Waals surface area contributed by atoms with Crippen molar-refractivity contribution in [3.05, 3.63) is 35.3 Å². The maximum Gasteiger partial charge on any atom is 0.185 e. The number of nitrogens with zero attached hydrogens (tertiary/aromatic N) is 1. The summed E-state index contributed by atoms with van der Waals surface area (Å²) >= 11 is 5.01. The van der Waals surface area contributed by atoms with Gasteiger partial charge in [-0.05, 0) is 25.2 Å². The van der Waals surface area contributed by atoms with Crippen LogP contribution in [-0.4, -0.2) is 22.0 Å². The van der Waals surface area contributed by atoms with Gasteiger partial charge in [0.25, 0.3) is 0 Å². The van der Waals surface area contributed by atoms with Crippen LogP contribution >= 0.6 is 12.2 Å². The van der Waals surface area contributed by atoms with Gasteiger partial charge in [-0.2, -0.15) is 0 Å². The van der Waals surface area contributed by atoms with Gasteiger partial charge in [0.15, 0.2) is 5.91 Å². The van der Waals surface area contributed by atoms with Crippen LogP contribution in [-0.2, 0) is 39.8 Å². The molecular weight excluding hydrogens is 335 g/mol. The van der Waals surface area contributed by atoms with Gasteiger partial charge in [-0.15, -0.1) is 0 Å². The number of aromatic nitrogens is 1. The number of thiocarbonyl (C=S) groups is 1. The summed E-state index contributed by atoms with van der Waals surface area (Å²) < 4.78 is 1.82. The number of aryl methyl sites for hydroxylation is 1. The molecule has 1 aromatic heterocycles. The zero-order valence-corrected chi connectivity index (χ0v) is 14.1. The molecule has 1 radical (unpaired) electrons. The van der Waals surface area contributed by atoms with Crippen molar-refractivity contribution >= 4 is 23.1 Å². The van der Waals surface area contributed by atoms with Crippen molar-refractivity contribution < 1.29 is 37.5 Å². The van der Waals surface area contributed by atoms with Gasteiger partial charge in [0.1, 0.15) is 0 Å². The number of amides is 1. The first-order valence-corrected chi connectivity index (χ1v) is 5.78. The minimum absolute atomic E-state index is 0. The molecule has 19 heavy (non-hydrogen) atoms. The molecule has 0 saturated carbocycles. The van der Waals surface area contributed by atoms with Crippen LogP contribution in [0.1, 0.15) is 30.0 Å². The van der Waals surface area contributed by atoms with Crippen molar-refractivity contribution in [2.75, 3.05) is 6.54 Å². The third kappa shape index (κ3) is 4.51. The van der Waals surface area contributed by atoms with E-state index in [4.69, 9.17) is 12.2 Å². The SMILES string of the molecule is C.Cc1[c-]cc(C(=O)NCC2=CNC(=S)C2)n1C.[Y]. The smallest absolute Gasteiger partial charge is 0.185 e. The molecule has 0 unspecified atom stereocenters. The zero-order valence-electron chi connectivity index (χ0n) is 10.4. The number of nitrogens with one attached hydrogen (secondary N) is 2. The second kappa shape index (κ2) is 7.92. The van der Waals surface area contributed by atoms with Crippen molar-refractivity contribution in [2.45, 2.75) is 20.8 Å². The summed E-state index contributed by atoms with van der Waals surface area (Å²) in [4.78, 5) is 12.7. The molecule has 0 aromatic carbocycles. The van der Waals surface area contributed by atoms with Crippen LogP contribution in [0.2, 0.25) is 0 Å². The fraction of sp³-hybridized carbons (Fsp3) is 0.385. The Hall–Kier alpha value is -0.516. The Morgan fingerprint density at radius 3 is 2.79 bits per heavy atom. The standard InChI is InChI=1S/C12H14N3OS.CH4.Y/c1-8-3-4-10(15(8)2)12(16)14-7-9-5-11(17)13-6-9;;/h4,6H,5,7H2,1-2H3,(H,13,17)(H,14,16);1H4;/q-1;;. The Kier molecular flexibility index (Phi) is 7.71. The Balaban J connectivity index is 0.00000162. The molecule has 1 amide bonds. The quantitative estimate of drug-likeness (QED) is 0.642. The van der Waals surface area contributed by atoms with E-state index in [2.05, 4.69) is 16.7 Å². The molecule has 1 aromatic rings. The van der Waals surface area contributed by atoms with E-state index in [0.29, 0.717) is 12.2 Å². The topological polar surface area (TPSA) is 46.1 Å². The molecule has 4 nitrogen and oxygen atoms in total. The van der Waals surface area contributed by atoms with Crippen LogP contribution in [0, 0.1) is 13.0 Å². The second-order valence-corrected chi connectivity index (χ2v) is 4.54. The maximum absolute atomic E-state index is 11.9. The third-order valence-corrected chi connectivity index (χ3v) is 3.08. The van der Waals surface area contributed by atoms with Crippen LogP contribution in [0.25, 0.3) is 0 Å². The largest absolute Gasteiger partial charge is 0.437 e. The molecule has 0 spiro atoms. The zero-order chi connectivity index (χ0) is 12.4. The summed E-state index contributed by atoms with van der Waals surface area (Å²) in [6.07, 6.45) is 2.58. The first-order valence-electron chi connectivity index (χ1n) is 5.37. The van der Waals surface area contributed by atoms with E-state index < -0.39 is 0 Å². The molecule has 2 heterocycles. The van der Waals surface area contributed by atoms with E-state index in [-0.39, 0.29) is 46.0 Å². The van der Waals surface area contributed by atoms with Crippen molar-refractivity contribution in [3.63, 3.8) is 0 Å². The van der Waals surface area contributed by atoms with Crippen molar-refractivity contribution in [1.29, 1.82) is 0 Å². The normalized spacial score (nSPS) is 12.9. The van der Waals surface area contributed by atoms with Gasteiger partial charge in [0.2, 0.25) is 0 Å². The molecule has 0 saturated heterocycles. The minimum Gasteiger partial charge on any atom is -0.437 e. The molecule has 2 rings (SSSR count). The summed E-state index contributed by atoms with van der Waals surface area (Å²) in [6.45, 7) is 2.44. The van der Waals surface area contributed by atoms with Crippen molar-refractivity contribution in [2.24, 2.45) is 7.05 Å². The van der Waals surface area contributed by atoms with Crippen LogP contribution in [0.15, 0.2) is 17.8 Å². The summed E-state index contributed by atoms with van der Waals surface area (Å²) in [5, 5.41) is 5.82. The van der Waals surface area contributed by atoms with Gasteiger partial charge in [-0.25, -0.2) is 12.1 Å². The van der Waals surface area contributed by atoms with Gasteiger partial charge in [0.05, 0.1) is 4.99 Å². The Bertz CT molecular complexity index is 508. The predicted octanol–water partition coefficient (Wildman–Crippen LogP) is 1.70. The average Bonchev–Trinajstić information content (AvgIpc) is 2.84. The summed E-state index contributed by atoms with van der Waals surface area (Å²) in [5.74, 6) is -0.0874. The Morgan fingerprint density at radius 1 is 1.63 bits per heavy atom. The maximum atomic E-state index is 11.9. The fourth-order valence-electron chi connectivity index (χ4n) is 1.65. The molecule has 0 bridgehead atoms. The minimum atomic E-state index is -0.0874. The Labute approximate surface area is 144 Å². The molecular formula is C13H18N3OSY-. The monoisotopic (exact) mass is 353 g/mol. The van der Waals surface area contributed by atoms with Gasteiger partial charge < -0.3 is 15.2 Å². The van der Waals surface area contributed by atoms with Gasteiger partial charge >= 0.3 is 0 Å². The van der Waals surface area contributed by atoms with Crippen LogP contribution in [0.4, 0.5) is 0 Å².